The number of hydrogen-bond donors (Lipinski definition) is 0. The van der Waals surface area contributed by atoms with Gasteiger partial charge in [-0.15, -0.1) is 0 Å². The Balaban J connectivity index is 1.52. The smallest absolute Gasteiger partial charge is 0.218 e. The van der Waals surface area contributed by atoms with Crippen molar-refractivity contribution in [1.82, 2.24) is 24.8 Å². The zero-order chi connectivity index (χ0) is 22.0. The van der Waals surface area contributed by atoms with E-state index in [0.29, 0.717) is 38.5 Å². The van der Waals surface area contributed by atoms with Gasteiger partial charge in [0, 0.05) is 30.9 Å². The van der Waals surface area contributed by atoms with E-state index >= 15 is 0 Å². The van der Waals surface area contributed by atoms with E-state index in [2.05, 4.69) is 20.1 Å². The van der Waals surface area contributed by atoms with Gasteiger partial charge >= 0.3 is 0 Å². The van der Waals surface area contributed by atoms with Gasteiger partial charge in [0.05, 0.1) is 43.6 Å². The van der Waals surface area contributed by atoms with Crippen molar-refractivity contribution >= 4 is 17.8 Å². The molecule has 3 aromatic heterocycles. The number of Topliss-reactive ketones (excluding diaryl/α,β-unsaturated/α-hetero) is 1. The van der Waals surface area contributed by atoms with E-state index in [1.807, 2.05) is 37.1 Å². The summed E-state index contributed by atoms with van der Waals surface area (Å²) in [7, 11) is 1.57. The second-order valence-corrected chi connectivity index (χ2v) is 7.53. The van der Waals surface area contributed by atoms with E-state index in [4.69, 9.17) is 9.26 Å². The third kappa shape index (κ3) is 4.33. The highest BCUT2D eigenvalue weighted by Crippen LogP contribution is 2.25. The Hall–Kier alpha value is -3.53. The molecule has 0 aliphatic carbocycles. The Morgan fingerprint density at radius 3 is 2.87 bits per heavy atom. The molecule has 1 aliphatic heterocycles. The maximum atomic E-state index is 12.3. The van der Waals surface area contributed by atoms with Crippen LogP contribution < -0.4 is 9.64 Å². The minimum Gasteiger partial charge on any atom is -0.481 e. The van der Waals surface area contributed by atoms with Crippen LogP contribution in [-0.2, 0) is 22.7 Å². The number of aromatic nitrogens is 4. The Bertz CT molecular complexity index is 1070. The van der Waals surface area contributed by atoms with Gasteiger partial charge in [-0.2, -0.15) is 5.10 Å². The standard InChI is InChI=1S/C21H24N6O4/c1-14-18(15(2)31-24-14)10-26-9-17(7-22-26)27-13-25(11-19(27)20(29)12-28)8-16-5-4-6-21(23-16)30-3/h4-7,9,12,19H,8,10-11,13H2,1-3H3. The molecule has 162 valence electrons. The van der Waals surface area contributed by atoms with Crippen LogP contribution in [0.5, 0.6) is 5.88 Å². The number of carbonyl (C=O) groups is 2. The van der Waals surface area contributed by atoms with Gasteiger partial charge in [0.25, 0.3) is 0 Å². The van der Waals surface area contributed by atoms with Crippen LogP contribution >= 0.6 is 0 Å². The number of rotatable bonds is 8. The Kier molecular flexibility index (Phi) is 5.81. The van der Waals surface area contributed by atoms with Gasteiger partial charge in [0.2, 0.25) is 11.7 Å². The number of hydrogen-bond acceptors (Lipinski definition) is 9. The minimum atomic E-state index is -0.570. The molecule has 1 saturated heterocycles. The van der Waals surface area contributed by atoms with E-state index in [9.17, 15) is 9.59 Å². The average Bonchev–Trinajstić information content (AvgIpc) is 3.49. The van der Waals surface area contributed by atoms with Gasteiger partial charge in [-0.3, -0.25) is 19.2 Å². The van der Waals surface area contributed by atoms with Crippen molar-refractivity contribution in [3.63, 3.8) is 0 Å². The largest absolute Gasteiger partial charge is 0.481 e. The van der Waals surface area contributed by atoms with Crippen molar-refractivity contribution in [3.05, 3.63) is 53.3 Å². The number of aldehydes is 1. The molecule has 0 radical (unpaired) electrons. The van der Waals surface area contributed by atoms with E-state index < -0.39 is 11.8 Å². The second-order valence-electron chi connectivity index (χ2n) is 7.53. The van der Waals surface area contributed by atoms with Gasteiger partial charge in [-0.25, -0.2) is 4.98 Å². The average molecular weight is 424 g/mol. The number of carbonyl (C=O) groups excluding carboxylic acids is 2. The zero-order valence-corrected chi connectivity index (χ0v) is 17.7. The Labute approximate surface area is 179 Å². The topological polar surface area (TPSA) is 107 Å². The number of aryl methyl sites for hydroxylation is 2. The summed E-state index contributed by atoms with van der Waals surface area (Å²) in [6.07, 6.45) is 3.96. The van der Waals surface area contributed by atoms with Crippen LogP contribution in [0.1, 0.15) is 22.7 Å². The molecule has 0 aromatic carbocycles. The number of methoxy groups -OCH3 is 1. The summed E-state index contributed by atoms with van der Waals surface area (Å²) in [5.41, 5.74) is 3.39. The lowest BCUT2D eigenvalue weighted by Crippen LogP contribution is -2.38. The summed E-state index contributed by atoms with van der Waals surface area (Å²) in [6.45, 7) is 5.69. The molecule has 4 rings (SSSR count). The summed E-state index contributed by atoms with van der Waals surface area (Å²) in [4.78, 5) is 32.0. The van der Waals surface area contributed by atoms with Gasteiger partial charge in [-0.1, -0.05) is 11.2 Å². The monoisotopic (exact) mass is 424 g/mol. The number of anilines is 1. The molecular formula is C21H24N6O4. The number of pyridine rings is 1. The van der Waals surface area contributed by atoms with Crippen LogP contribution in [0.4, 0.5) is 5.69 Å². The third-order valence-corrected chi connectivity index (χ3v) is 5.43. The fourth-order valence-electron chi connectivity index (χ4n) is 3.78. The highest BCUT2D eigenvalue weighted by molar-refractivity contribution is 6.28. The lowest BCUT2D eigenvalue weighted by Gasteiger charge is -2.21. The molecule has 0 spiro atoms. The molecule has 1 aliphatic rings. The number of ether oxygens (including phenoxy) is 1. The van der Waals surface area contributed by atoms with Crippen LogP contribution in [0.2, 0.25) is 0 Å². The van der Waals surface area contributed by atoms with Gasteiger partial charge < -0.3 is 14.2 Å². The van der Waals surface area contributed by atoms with Crippen molar-refractivity contribution in [2.75, 3.05) is 25.2 Å². The zero-order valence-electron chi connectivity index (χ0n) is 17.7. The molecule has 3 aromatic rings. The number of nitrogens with zero attached hydrogens (tertiary/aromatic N) is 6. The van der Waals surface area contributed by atoms with E-state index in [-0.39, 0.29) is 0 Å². The summed E-state index contributed by atoms with van der Waals surface area (Å²) in [5.74, 6) is 0.830. The summed E-state index contributed by atoms with van der Waals surface area (Å²) in [6, 6.07) is 5.00. The maximum Gasteiger partial charge on any atom is 0.218 e. The second kappa shape index (κ2) is 8.68. The lowest BCUT2D eigenvalue weighted by atomic mass is 10.2. The third-order valence-electron chi connectivity index (χ3n) is 5.43. The lowest BCUT2D eigenvalue weighted by molar-refractivity contribution is -0.130. The highest BCUT2D eigenvalue weighted by Gasteiger charge is 2.36. The summed E-state index contributed by atoms with van der Waals surface area (Å²) < 4.78 is 12.2. The molecule has 1 unspecified atom stereocenters. The first-order valence-corrected chi connectivity index (χ1v) is 9.90. The normalized spacial score (nSPS) is 16.6. The van der Waals surface area contributed by atoms with Crippen LogP contribution in [-0.4, -0.2) is 63.3 Å². The van der Waals surface area contributed by atoms with E-state index in [1.165, 1.54) is 0 Å². The molecule has 1 atom stereocenters. The molecule has 1 fully saturated rings. The molecule has 10 heteroatoms. The molecule has 0 N–H and O–H groups in total. The van der Waals surface area contributed by atoms with E-state index in [1.54, 1.807) is 24.1 Å². The fourth-order valence-corrected chi connectivity index (χ4v) is 3.78. The molecule has 10 nitrogen and oxygen atoms in total. The molecule has 31 heavy (non-hydrogen) atoms. The SMILES string of the molecule is COc1cccc(CN2CC(C(=O)C=O)N(c3cnn(Cc4c(C)noc4C)c3)C2)n1. The fraction of sp³-hybridized carbons (Fsp3) is 0.381. The van der Waals surface area contributed by atoms with Gasteiger partial charge in [0.15, 0.2) is 6.29 Å². The molecule has 0 bridgehead atoms. The van der Waals surface area contributed by atoms with Gasteiger partial charge in [0.1, 0.15) is 11.8 Å². The summed E-state index contributed by atoms with van der Waals surface area (Å²) >= 11 is 0. The highest BCUT2D eigenvalue weighted by atomic mass is 16.5. The first-order chi connectivity index (χ1) is 15.0. The number of ketones is 1. The van der Waals surface area contributed by atoms with Crippen LogP contribution in [0, 0.1) is 13.8 Å². The van der Waals surface area contributed by atoms with Crippen molar-refractivity contribution in [3.8, 4) is 5.88 Å². The van der Waals surface area contributed by atoms with Crippen molar-refractivity contribution < 1.29 is 18.8 Å². The minimum absolute atomic E-state index is 0.388. The van der Waals surface area contributed by atoms with Crippen LogP contribution in [0.25, 0.3) is 0 Å². The maximum absolute atomic E-state index is 12.3. The van der Waals surface area contributed by atoms with Crippen molar-refractivity contribution in [2.24, 2.45) is 0 Å². The molecule has 0 amide bonds. The predicted molar refractivity (Wildman–Crippen MR) is 111 cm³/mol. The van der Waals surface area contributed by atoms with E-state index in [0.717, 1.165) is 28.4 Å². The molecular weight excluding hydrogens is 400 g/mol. The van der Waals surface area contributed by atoms with Crippen molar-refractivity contribution in [1.29, 1.82) is 0 Å². The predicted octanol–water partition coefficient (Wildman–Crippen LogP) is 1.36. The van der Waals surface area contributed by atoms with Gasteiger partial charge in [-0.05, 0) is 19.9 Å². The van der Waals surface area contributed by atoms with Crippen LogP contribution in [0.15, 0.2) is 35.1 Å². The first-order valence-electron chi connectivity index (χ1n) is 9.90. The molecule has 0 saturated carbocycles. The first kappa shape index (κ1) is 20.7. The quantitative estimate of drug-likeness (QED) is 0.391. The Morgan fingerprint density at radius 1 is 1.32 bits per heavy atom. The Morgan fingerprint density at radius 2 is 2.16 bits per heavy atom. The van der Waals surface area contributed by atoms with Crippen LogP contribution in [0.3, 0.4) is 0 Å². The summed E-state index contributed by atoms with van der Waals surface area (Å²) in [5, 5.41) is 8.40. The molecule has 4 heterocycles. The van der Waals surface area contributed by atoms with Crippen molar-refractivity contribution in [2.45, 2.75) is 33.0 Å².